The molecule has 0 radical (unpaired) electrons. The molecule has 0 aliphatic rings. The van der Waals surface area contributed by atoms with E-state index in [2.05, 4.69) is 6.92 Å². The minimum Gasteiger partial charge on any atom is -0.493 e. The summed E-state index contributed by atoms with van der Waals surface area (Å²) in [7, 11) is 0. The van der Waals surface area contributed by atoms with Gasteiger partial charge in [-0.25, -0.2) is 0 Å². The lowest BCUT2D eigenvalue weighted by Crippen LogP contribution is -2.01. The Morgan fingerprint density at radius 1 is 1.12 bits per heavy atom. The van der Waals surface area contributed by atoms with Crippen molar-refractivity contribution in [2.24, 2.45) is 0 Å². The van der Waals surface area contributed by atoms with Crippen LogP contribution in [-0.4, -0.2) is 18.3 Å². The maximum absolute atomic E-state index is 8.93. The summed E-state index contributed by atoms with van der Waals surface area (Å²) >= 11 is 0. The molecule has 0 saturated heterocycles. The summed E-state index contributed by atoms with van der Waals surface area (Å²) in [5.74, 6) is 0.924. The largest absolute Gasteiger partial charge is 0.493 e. The molecule has 0 amide bonds. The van der Waals surface area contributed by atoms with Crippen LogP contribution in [0.5, 0.6) is 5.75 Å². The van der Waals surface area contributed by atoms with Crippen molar-refractivity contribution in [3.8, 4) is 5.75 Å². The summed E-state index contributed by atoms with van der Waals surface area (Å²) in [6.45, 7) is 3.16. The molecule has 0 saturated carbocycles. The van der Waals surface area contributed by atoms with E-state index in [-0.39, 0.29) is 6.61 Å². The molecule has 1 aromatic carbocycles. The lowest BCUT2D eigenvalue weighted by atomic mass is 10.1. The summed E-state index contributed by atoms with van der Waals surface area (Å²) in [5, 5.41) is 8.93. The third-order valence-electron chi connectivity index (χ3n) is 2.61. The van der Waals surface area contributed by atoms with Crippen LogP contribution in [0.1, 0.15) is 38.2 Å². The number of para-hydroxylation sites is 1. The van der Waals surface area contributed by atoms with Gasteiger partial charge in [-0.2, -0.15) is 0 Å². The third-order valence-corrected chi connectivity index (χ3v) is 2.61. The van der Waals surface area contributed by atoms with Gasteiger partial charge in [0.15, 0.2) is 0 Å². The molecule has 0 aliphatic carbocycles. The van der Waals surface area contributed by atoms with E-state index in [1.807, 2.05) is 24.3 Å². The fraction of sp³-hybridized carbons (Fsp3) is 0.571. The summed E-state index contributed by atoms with van der Waals surface area (Å²) in [4.78, 5) is 0. The van der Waals surface area contributed by atoms with Gasteiger partial charge >= 0.3 is 0 Å². The highest BCUT2D eigenvalue weighted by molar-refractivity contribution is 5.33. The molecule has 0 bridgehead atoms. The van der Waals surface area contributed by atoms with Crippen LogP contribution in [0.25, 0.3) is 0 Å². The van der Waals surface area contributed by atoms with E-state index in [0.29, 0.717) is 6.42 Å². The molecule has 90 valence electrons. The van der Waals surface area contributed by atoms with Crippen LogP contribution in [0.2, 0.25) is 0 Å². The van der Waals surface area contributed by atoms with Crippen molar-refractivity contribution >= 4 is 0 Å². The maximum Gasteiger partial charge on any atom is 0.122 e. The normalized spacial score (nSPS) is 10.4. The van der Waals surface area contributed by atoms with Crippen molar-refractivity contribution in [1.82, 2.24) is 0 Å². The third kappa shape index (κ3) is 4.67. The Morgan fingerprint density at radius 3 is 2.69 bits per heavy atom. The molecule has 0 aliphatic heterocycles. The Balaban J connectivity index is 2.34. The van der Waals surface area contributed by atoms with Crippen molar-refractivity contribution < 1.29 is 9.84 Å². The predicted octanol–water partition coefficient (Wildman–Crippen LogP) is 3.18. The summed E-state index contributed by atoms with van der Waals surface area (Å²) in [6.07, 6.45) is 5.55. The number of aliphatic hydroxyl groups excluding tert-OH is 1. The van der Waals surface area contributed by atoms with E-state index < -0.39 is 0 Å². The number of aliphatic hydroxyl groups is 1. The Morgan fingerprint density at radius 2 is 1.94 bits per heavy atom. The van der Waals surface area contributed by atoms with E-state index in [1.54, 1.807) is 0 Å². The van der Waals surface area contributed by atoms with E-state index in [9.17, 15) is 0 Å². The molecule has 0 aromatic heterocycles. The van der Waals surface area contributed by atoms with Crippen LogP contribution < -0.4 is 4.74 Å². The zero-order valence-corrected chi connectivity index (χ0v) is 10.1. The van der Waals surface area contributed by atoms with E-state index in [4.69, 9.17) is 9.84 Å². The van der Waals surface area contributed by atoms with E-state index in [1.165, 1.54) is 19.3 Å². The molecule has 0 unspecified atom stereocenters. The average molecular weight is 222 g/mol. The molecular formula is C14H22O2. The number of ether oxygens (including phenoxy) is 1. The lowest BCUT2D eigenvalue weighted by molar-refractivity contribution is 0.284. The molecule has 2 nitrogen and oxygen atoms in total. The summed E-state index contributed by atoms with van der Waals surface area (Å²) < 4.78 is 5.73. The average Bonchev–Trinajstić information content (AvgIpc) is 2.31. The smallest absolute Gasteiger partial charge is 0.122 e. The van der Waals surface area contributed by atoms with Gasteiger partial charge < -0.3 is 9.84 Å². The molecular weight excluding hydrogens is 200 g/mol. The second kappa shape index (κ2) is 8.17. The van der Waals surface area contributed by atoms with Crippen molar-refractivity contribution in [3.05, 3.63) is 29.8 Å². The first-order chi connectivity index (χ1) is 7.88. The fourth-order valence-electron chi connectivity index (χ4n) is 1.68. The first-order valence-corrected chi connectivity index (χ1v) is 6.20. The molecule has 2 heteroatoms. The monoisotopic (exact) mass is 222 g/mol. The van der Waals surface area contributed by atoms with Crippen molar-refractivity contribution in [3.63, 3.8) is 0 Å². The topological polar surface area (TPSA) is 29.5 Å². The fourth-order valence-corrected chi connectivity index (χ4v) is 1.68. The van der Waals surface area contributed by atoms with Crippen LogP contribution in [-0.2, 0) is 6.42 Å². The van der Waals surface area contributed by atoms with E-state index in [0.717, 1.165) is 24.3 Å². The van der Waals surface area contributed by atoms with Gasteiger partial charge in [-0.3, -0.25) is 0 Å². The van der Waals surface area contributed by atoms with Crippen LogP contribution in [0.4, 0.5) is 0 Å². The van der Waals surface area contributed by atoms with Crippen molar-refractivity contribution in [2.75, 3.05) is 13.2 Å². The summed E-state index contributed by atoms with van der Waals surface area (Å²) in [6, 6.07) is 7.94. The van der Waals surface area contributed by atoms with Crippen LogP contribution in [0, 0.1) is 0 Å². The number of rotatable bonds is 8. The first-order valence-electron chi connectivity index (χ1n) is 6.20. The molecule has 0 atom stereocenters. The number of hydrogen-bond acceptors (Lipinski definition) is 2. The van der Waals surface area contributed by atoms with Crippen LogP contribution in [0.3, 0.4) is 0 Å². The molecule has 16 heavy (non-hydrogen) atoms. The van der Waals surface area contributed by atoms with Gasteiger partial charge in [0.1, 0.15) is 5.75 Å². The minimum absolute atomic E-state index is 0.177. The van der Waals surface area contributed by atoms with Gasteiger partial charge in [-0.15, -0.1) is 0 Å². The number of hydrogen-bond donors (Lipinski definition) is 1. The van der Waals surface area contributed by atoms with Crippen LogP contribution in [0.15, 0.2) is 24.3 Å². The minimum atomic E-state index is 0.177. The second-order valence-corrected chi connectivity index (χ2v) is 3.99. The molecule has 0 spiro atoms. The van der Waals surface area contributed by atoms with Crippen molar-refractivity contribution in [1.29, 1.82) is 0 Å². The van der Waals surface area contributed by atoms with Gasteiger partial charge in [0, 0.05) is 6.61 Å². The van der Waals surface area contributed by atoms with Gasteiger partial charge in [-0.1, -0.05) is 44.4 Å². The zero-order valence-electron chi connectivity index (χ0n) is 10.1. The van der Waals surface area contributed by atoms with Gasteiger partial charge in [0.05, 0.1) is 6.61 Å². The Labute approximate surface area is 98.3 Å². The molecule has 1 rings (SSSR count). The Bertz CT molecular complexity index is 284. The second-order valence-electron chi connectivity index (χ2n) is 3.99. The van der Waals surface area contributed by atoms with Crippen molar-refractivity contribution in [2.45, 2.75) is 39.0 Å². The standard InChI is InChI=1S/C14H22O2/c1-2-3-4-7-12-16-14-9-6-5-8-13(14)10-11-15/h5-6,8-9,15H,2-4,7,10-12H2,1H3. The number of benzene rings is 1. The lowest BCUT2D eigenvalue weighted by Gasteiger charge is -2.10. The highest BCUT2D eigenvalue weighted by Crippen LogP contribution is 2.18. The predicted molar refractivity (Wildman–Crippen MR) is 66.9 cm³/mol. The molecule has 0 fully saturated rings. The van der Waals surface area contributed by atoms with Gasteiger partial charge in [0.2, 0.25) is 0 Å². The summed E-state index contributed by atoms with van der Waals surface area (Å²) in [5.41, 5.74) is 1.10. The van der Waals surface area contributed by atoms with E-state index >= 15 is 0 Å². The first kappa shape index (κ1) is 13.0. The Kier molecular flexibility index (Phi) is 6.66. The SMILES string of the molecule is CCCCCCOc1ccccc1CCO. The molecule has 1 aromatic rings. The van der Waals surface area contributed by atoms with Gasteiger partial charge in [0.25, 0.3) is 0 Å². The quantitative estimate of drug-likeness (QED) is 0.684. The highest BCUT2D eigenvalue weighted by Gasteiger charge is 2.01. The zero-order chi connectivity index (χ0) is 11.6. The van der Waals surface area contributed by atoms with Crippen LogP contribution >= 0.6 is 0 Å². The maximum atomic E-state index is 8.93. The highest BCUT2D eigenvalue weighted by atomic mass is 16.5. The van der Waals surface area contributed by atoms with Gasteiger partial charge in [-0.05, 0) is 24.5 Å². The number of unbranched alkanes of at least 4 members (excludes halogenated alkanes) is 3. The molecule has 1 N–H and O–H groups in total. The molecule has 0 heterocycles. The Hall–Kier alpha value is -1.02.